The maximum absolute atomic E-state index is 12.9. The van der Waals surface area contributed by atoms with Crippen LogP contribution in [0, 0.1) is 6.92 Å². The minimum Gasteiger partial charge on any atom is -0.495 e. The second-order valence-electron chi connectivity index (χ2n) is 5.46. The van der Waals surface area contributed by atoms with E-state index in [1.807, 2.05) is 0 Å². The van der Waals surface area contributed by atoms with Gasteiger partial charge in [0.2, 0.25) is 0 Å². The number of hydrogen-bond donors (Lipinski definition) is 1. The van der Waals surface area contributed by atoms with Crippen LogP contribution in [0.2, 0.25) is 5.02 Å². The van der Waals surface area contributed by atoms with Gasteiger partial charge in [0.05, 0.1) is 37.7 Å². The molecule has 26 heavy (non-hydrogen) atoms. The van der Waals surface area contributed by atoms with Crippen molar-refractivity contribution in [2.75, 3.05) is 26.6 Å². The molecule has 0 bridgehead atoms. The standard InChI is InChI=1S/C18H18ClN3O4/c1-10-16(22-7-5-6-13(24-2)17(22)20-10)18(23)21-12-9-14(25-3)11(19)8-15(12)26-4/h5-9H,1-4H3,(H,21,23). The first-order valence-corrected chi connectivity index (χ1v) is 8.12. The molecule has 2 aromatic heterocycles. The molecule has 0 saturated carbocycles. The number of nitrogens with one attached hydrogen (secondary N) is 1. The van der Waals surface area contributed by atoms with Crippen LogP contribution in [0.25, 0.3) is 5.65 Å². The van der Waals surface area contributed by atoms with Crippen molar-refractivity contribution in [1.82, 2.24) is 9.38 Å². The summed E-state index contributed by atoms with van der Waals surface area (Å²) in [6.07, 6.45) is 1.76. The van der Waals surface area contributed by atoms with Gasteiger partial charge in [0.25, 0.3) is 5.91 Å². The highest BCUT2D eigenvalue weighted by molar-refractivity contribution is 6.32. The van der Waals surface area contributed by atoms with E-state index >= 15 is 0 Å². The topological polar surface area (TPSA) is 74.1 Å². The Morgan fingerprint density at radius 2 is 1.81 bits per heavy atom. The van der Waals surface area contributed by atoms with Crippen LogP contribution in [0.1, 0.15) is 16.2 Å². The number of benzene rings is 1. The molecule has 1 N–H and O–H groups in total. The summed E-state index contributed by atoms with van der Waals surface area (Å²) in [6.45, 7) is 1.76. The second kappa shape index (κ2) is 7.13. The monoisotopic (exact) mass is 375 g/mol. The van der Waals surface area contributed by atoms with E-state index in [-0.39, 0.29) is 5.91 Å². The van der Waals surface area contributed by atoms with E-state index in [1.165, 1.54) is 14.2 Å². The molecule has 2 heterocycles. The Morgan fingerprint density at radius 1 is 1.12 bits per heavy atom. The fourth-order valence-corrected chi connectivity index (χ4v) is 2.96. The van der Waals surface area contributed by atoms with Crippen LogP contribution in [-0.2, 0) is 0 Å². The van der Waals surface area contributed by atoms with E-state index in [9.17, 15) is 4.79 Å². The summed E-state index contributed by atoms with van der Waals surface area (Å²) in [5, 5.41) is 3.22. The van der Waals surface area contributed by atoms with E-state index in [2.05, 4.69) is 10.3 Å². The Kier molecular flexibility index (Phi) is 4.90. The van der Waals surface area contributed by atoms with Crippen LogP contribution < -0.4 is 19.5 Å². The normalized spacial score (nSPS) is 10.7. The van der Waals surface area contributed by atoms with Crippen LogP contribution in [0.4, 0.5) is 5.69 Å². The van der Waals surface area contributed by atoms with Crippen molar-refractivity contribution >= 4 is 28.8 Å². The lowest BCUT2D eigenvalue weighted by Crippen LogP contribution is -2.16. The number of fused-ring (bicyclic) bond motifs is 1. The summed E-state index contributed by atoms with van der Waals surface area (Å²) >= 11 is 6.11. The highest BCUT2D eigenvalue weighted by atomic mass is 35.5. The maximum atomic E-state index is 12.9. The molecule has 8 heteroatoms. The van der Waals surface area contributed by atoms with Crippen molar-refractivity contribution in [1.29, 1.82) is 0 Å². The lowest BCUT2D eigenvalue weighted by Gasteiger charge is -2.13. The molecule has 3 rings (SSSR count). The van der Waals surface area contributed by atoms with Gasteiger partial charge >= 0.3 is 0 Å². The molecular formula is C18H18ClN3O4. The Morgan fingerprint density at radius 3 is 2.46 bits per heavy atom. The maximum Gasteiger partial charge on any atom is 0.274 e. The number of nitrogens with zero attached hydrogens (tertiary/aromatic N) is 2. The van der Waals surface area contributed by atoms with Gasteiger partial charge < -0.3 is 19.5 Å². The number of halogens is 1. The quantitative estimate of drug-likeness (QED) is 0.737. The van der Waals surface area contributed by atoms with Gasteiger partial charge in [-0.2, -0.15) is 0 Å². The number of pyridine rings is 1. The smallest absolute Gasteiger partial charge is 0.274 e. The molecule has 7 nitrogen and oxygen atoms in total. The number of anilines is 1. The van der Waals surface area contributed by atoms with E-state index in [0.717, 1.165) is 0 Å². The summed E-state index contributed by atoms with van der Waals surface area (Å²) in [4.78, 5) is 17.4. The summed E-state index contributed by atoms with van der Waals surface area (Å²) in [7, 11) is 4.56. The Balaban J connectivity index is 2.04. The zero-order valence-corrected chi connectivity index (χ0v) is 15.5. The average Bonchev–Trinajstić information content (AvgIpc) is 2.98. The van der Waals surface area contributed by atoms with Crippen molar-refractivity contribution in [3.63, 3.8) is 0 Å². The number of methoxy groups -OCH3 is 3. The van der Waals surface area contributed by atoms with Gasteiger partial charge in [0.15, 0.2) is 11.4 Å². The van der Waals surface area contributed by atoms with E-state index in [4.69, 9.17) is 25.8 Å². The predicted octanol–water partition coefficient (Wildman–Crippen LogP) is 3.57. The van der Waals surface area contributed by atoms with Gasteiger partial charge in [-0.1, -0.05) is 11.6 Å². The van der Waals surface area contributed by atoms with Gasteiger partial charge in [-0.05, 0) is 19.1 Å². The molecule has 1 aromatic carbocycles. The summed E-state index contributed by atoms with van der Waals surface area (Å²) in [5.41, 5.74) is 1.98. The Labute approximate surface area is 155 Å². The molecule has 136 valence electrons. The fourth-order valence-electron chi connectivity index (χ4n) is 2.73. The second-order valence-corrected chi connectivity index (χ2v) is 5.86. The van der Waals surface area contributed by atoms with E-state index in [0.29, 0.717) is 45.0 Å². The number of carbonyl (C=O) groups excluding carboxylic acids is 1. The molecule has 0 atom stereocenters. The molecule has 0 aliphatic heterocycles. The van der Waals surface area contributed by atoms with Crippen molar-refractivity contribution in [3.8, 4) is 17.2 Å². The number of imidazole rings is 1. The van der Waals surface area contributed by atoms with E-state index in [1.54, 1.807) is 48.9 Å². The van der Waals surface area contributed by atoms with Gasteiger partial charge in [-0.15, -0.1) is 0 Å². The van der Waals surface area contributed by atoms with Crippen molar-refractivity contribution in [2.45, 2.75) is 6.92 Å². The van der Waals surface area contributed by atoms with Gasteiger partial charge in [-0.3, -0.25) is 9.20 Å². The SMILES string of the molecule is COc1cc(NC(=O)c2c(C)nc3c(OC)cccn23)c(OC)cc1Cl. The molecule has 0 saturated heterocycles. The van der Waals surface area contributed by atoms with Gasteiger partial charge in [0.1, 0.15) is 17.2 Å². The molecule has 0 aliphatic carbocycles. The fraction of sp³-hybridized carbons (Fsp3) is 0.222. The first kappa shape index (κ1) is 17.9. The molecule has 1 amide bonds. The molecule has 0 spiro atoms. The van der Waals surface area contributed by atoms with Crippen molar-refractivity contribution in [3.05, 3.63) is 46.9 Å². The van der Waals surface area contributed by atoms with Crippen molar-refractivity contribution < 1.29 is 19.0 Å². The van der Waals surface area contributed by atoms with Crippen LogP contribution >= 0.6 is 11.6 Å². The third-order valence-electron chi connectivity index (χ3n) is 3.95. The first-order valence-electron chi connectivity index (χ1n) is 7.74. The molecule has 0 unspecified atom stereocenters. The lowest BCUT2D eigenvalue weighted by atomic mass is 10.2. The zero-order chi connectivity index (χ0) is 18.8. The molecule has 0 aliphatic rings. The summed E-state index contributed by atoms with van der Waals surface area (Å²) in [6, 6.07) is 6.77. The lowest BCUT2D eigenvalue weighted by molar-refractivity contribution is 0.102. The number of rotatable bonds is 5. The number of ether oxygens (including phenoxy) is 3. The summed E-state index contributed by atoms with van der Waals surface area (Å²) in [5.74, 6) is 1.10. The highest BCUT2D eigenvalue weighted by Gasteiger charge is 2.20. The predicted molar refractivity (Wildman–Crippen MR) is 99.0 cm³/mol. The largest absolute Gasteiger partial charge is 0.495 e. The van der Waals surface area contributed by atoms with Crippen LogP contribution in [0.3, 0.4) is 0 Å². The Bertz CT molecular complexity index is 984. The minimum absolute atomic E-state index is 0.342. The first-order chi connectivity index (χ1) is 12.5. The number of hydrogen-bond acceptors (Lipinski definition) is 5. The number of aromatic nitrogens is 2. The van der Waals surface area contributed by atoms with Gasteiger partial charge in [0, 0.05) is 18.3 Å². The molecule has 0 fully saturated rings. The molecule has 3 aromatic rings. The van der Waals surface area contributed by atoms with Crippen LogP contribution in [0.5, 0.6) is 17.2 Å². The zero-order valence-electron chi connectivity index (χ0n) is 14.8. The van der Waals surface area contributed by atoms with Crippen LogP contribution in [-0.4, -0.2) is 36.6 Å². The van der Waals surface area contributed by atoms with Crippen LogP contribution in [0.15, 0.2) is 30.5 Å². The number of amides is 1. The van der Waals surface area contributed by atoms with E-state index < -0.39 is 0 Å². The minimum atomic E-state index is -0.342. The third-order valence-corrected chi connectivity index (χ3v) is 4.24. The van der Waals surface area contributed by atoms with Crippen molar-refractivity contribution in [2.24, 2.45) is 0 Å². The third kappa shape index (κ3) is 3.01. The Hall–Kier alpha value is -2.93. The number of aryl methyl sites for hydroxylation is 1. The highest BCUT2D eigenvalue weighted by Crippen LogP contribution is 2.36. The average molecular weight is 376 g/mol. The van der Waals surface area contributed by atoms with Gasteiger partial charge in [-0.25, -0.2) is 4.98 Å². The molecular weight excluding hydrogens is 358 g/mol. The number of carbonyl (C=O) groups is 1. The molecule has 0 radical (unpaired) electrons. The summed E-state index contributed by atoms with van der Waals surface area (Å²) < 4.78 is 17.5.